The fraction of sp³-hybridized carbons (Fsp3) is 0.111. The Hall–Kier alpha value is -2.76. The Morgan fingerprint density at radius 2 is 1.16 bits per heavy atom. The van der Waals surface area contributed by atoms with Crippen molar-refractivity contribution in [3.05, 3.63) is 99.9 Å². The van der Waals surface area contributed by atoms with Gasteiger partial charge in [0.15, 0.2) is 11.5 Å². The molecule has 0 fully saturated rings. The van der Waals surface area contributed by atoms with E-state index in [-0.39, 0.29) is 0 Å². The molecule has 0 N–H and O–H groups in total. The van der Waals surface area contributed by atoms with Gasteiger partial charge in [0.2, 0.25) is 5.79 Å². The summed E-state index contributed by atoms with van der Waals surface area (Å²) in [5.41, 5.74) is 5.43. The molecule has 160 valence electrons. The van der Waals surface area contributed by atoms with Crippen LogP contribution < -0.4 is 14.4 Å². The maximum absolute atomic E-state index is 5.95. The molecular weight excluding hydrogens is 530 g/mol. The molecule has 0 amide bonds. The van der Waals surface area contributed by atoms with Crippen LogP contribution in [0.5, 0.6) is 11.5 Å². The van der Waals surface area contributed by atoms with Gasteiger partial charge >= 0.3 is 0 Å². The van der Waals surface area contributed by atoms with E-state index in [9.17, 15) is 0 Å². The molecule has 0 spiro atoms. The highest BCUT2D eigenvalue weighted by Gasteiger charge is 2.31. The predicted molar refractivity (Wildman–Crippen MR) is 137 cm³/mol. The molecule has 0 atom stereocenters. The Labute approximate surface area is 204 Å². The summed E-state index contributed by atoms with van der Waals surface area (Å²) >= 11 is 7.09. The lowest BCUT2D eigenvalue weighted by molar-refractivity contribution is -0.0431. The zero-order valence-electron chi connectivity index (χ0n) is 17.7. The summed E-state index contributed by atoms with van der Waals surface area (Å²) in [4.78, 5) is 2.25. The van der Waals surface area contributed by atoms with Crippen molar-refractivity contribution in [2.75, 3.05) is 4.90 Å². The van der Waals surface area contributed by atoms with Gasteiger partial charge in [-0.1, -0.05) is 50.1 Å². The summed E-state index contributed by atoms with van der Waals surface area (Å²) in [5, 5.41) is 0. The van der Waals surface area contributed by atoms with Gasteiger partial charge < -0.3 is 14.4 Å². The molecule has 5 rings (SSSR count). The number of nitrogens with zero attached hydrogens (tertiary/aromatic N) is 1. The lowest BCUT2D eigenvalue weighted by Crippen LogP contribution is -2.29. The zero-order valence-corrected chi connectivity index (χ0v) is 20.9. The van der Waals surface area contributed by atoms with Crippen molar-refractivity contribution >= 4 is 48.9 Å². The lowest BCUT2D eigenvalue weighted by Gasteiger charge is -2.26. The molecule has 32 heavy (non-hydrogen) atoms. The zero-order chi connectivity index (χ0) is 22.3. The van der Waals surface area contributed by atoms with E-state index < -0.39 is 5.79 Å². The second kappa shape index (κ2) is 8.30. The van der Waals surface area contributed by atoms with Crippen molar-refractivity contribution in [3.8, 4) is 22.6 Å². The van der Waals surface area contributed by atoms with Gasteiger partial charge in [0, 0.05) is 39.9 Å². The van der Waals surface area contributed by atoms with Gasteiger partial charge in [0.25, 0.3) is 0 Å². The van der Waals surface area contributed by atoms with Gasteiger partial charge in [-0.05, 0) is 83.9 Å². The summed E-state index contributed by atoms with van der Waals surface area (Å²) in [7, 11) is 0. The van der Waals surface area contributed by atoms with Crippen molar-refractivity contribution in [3.63, 3.8) is 0 Å². The molecule has 0 saturated carbocycles. The third-order valence-electron chi connectivity index (χ3n) is 5.26. The molecule has 0 aromatic heterocycles. The molecular formula is C27H21Br2NO2. The molecule has 1 heterocycles. The maximum atomic E-state index is 5.95. The monoisotopic (exact) mass is 549 g/mol. The largest absolute Gasteiger partial charge is 0.449 e. The Balaban J connectivity index is 1.57. The molecule has 0 saturated heterocycles. The molecule has 0 radical (unpaired) electrons. The Morgan fingerprint density at radius 1 is 0.594 bits per heavy atom. The van der Waals surface area contributed by atoms with Crippen LogP contribution in [-0.4, -0.2) is 5.79 Å². The second-order valence-corrected chi connectivity index (χ2v) is 9.94. The first kappa shape index (κ1) is 21.1. The van der Waals surface area contributed by atoms with Crippen LogP contribution in [0.4, 0.5) is 17.1 Å². The summed E-state index contributed by atoms with van der Waals surface area (Å²) in [5.74, 6) is 0.916. The first-order chi connectivity index (χ1) is 15.4. The third kappa shape index (κ3) is 4.27. The first-order valence-electron chi connectivity index (χ1n) is 10.3. The van der Waals surface area contributed by atoms with Gasteiger partial charge in [0.05, 0.1) is 0 Å². The SMILES string of the molecule is CC1(C)Oc2ccc(-c3cccc(N(c4ccc(Br)cc4)c4ccc(Br)cc4)c3)cc2O1. The van der Waals surface area contributed by atoms with Gasteiger partial charge in [-0.2, -0.15) is 0 Å². The fourth-order valence-electron chi connectivity index (χ4n) is 3.85. The molecule has 0 bridgehead atoms. The fourth-order valence-corrected chi connectivity index (χ4v) is 4.38. The topological polar surface area (TPSA) is 21.7 Å². The van der Waals surface area contributed by atoms with Crippen LogP contribution in [0, 0.1) is 0 Å². The Morgan fingerprint density at radius 3 is 1.78 bits per heavy atom. The van der Waals surface area contributed by atoms with Crippen LogP contribution in [0.2, 0.25) is 0 Å². The molecule has 3 nitrogen and oxygen atoms in total. The van der Waals surface area contributed by atoms with Gasteiger partial charge in [0.1, 0.15) is 0 Å². The molecule has 4 aromatic carbocycles. The van der Waals surface area contributed by atoms with Crippen molar-refractivity contribution in [2.24, 2.45) is 0 Å². The summed E-state index contributed by atoms with van der Waals surface area (Å²) in [6.45, 7) is 3.84. The van der Waals surface area contributed by atoms with Crippen LogP contribution in [0.3, 0.4) is 0 Å². The van der Waals surface area contributed by atoms with E-state index in [4.69, 9.17) is 9.47 Å². The minimum Gasteiger partial charge on any atom is -0.449 e. The van der Waals surface area contributed by atoms with Crippen LogP contribution in [0.15, 0.2) is 99.9 Å². The molecule has 5 heteroatoms. The normalized spacial score (nSPS) is 13.8. The average Bonchev–Trinajstić information content (AvgIpc) is 3.10. The average molecular weight is 551 g/mol. The Bertz CT molecular complexity index is 1220. The predicted octanol–water partition coefficient (Wildman–Crippen LogP) is 8.86. The van der Waals surface area contributed by atoms with E-state index in [1.807, 2.05) is 26.0 Å². The minimum absolute atomic E-state index is 0.636. The van der Waals surface area contributed by atoms with Crippen LogP contribution in [-0.2, 0) is 0 Å². The lowest BCUT2D eigenvalue weighted by atomic mass is 10.0. The molecule has 0 unspecified atom stereocenters. The smallest absolute Gasteiger partial charge is 0.246 e. The highest BCUT2D eigenvalue weighted by Crippen LogP contribution is 2.43. The highest BCUT2D eigenvalue weighted by molar-refractivity contribution is 9.10. The number of ether oxygens (including phenoxy) is 2. The number of hydrogen-bond donors (Lipinski definition) is 0. The second-order valence-electron chi connectivity index (χ2n) is 8.10. The minimum atomic E-state index is -0.636. The van der Waals surface area contributed by atoms with Gasteiger partial charge in [-0.15, -0.1) is 0 Å². The van der Waals surface area contributed by atoms with Gasteiger partial charge in [-0.25, -0.2) is 0 Å². The third-order valence-corrected chi connectivity index (χ3v) is 6.32. The number of anilines is 3. The van der Waals surface area contributed by atoms with E-state index in [1.165, 1.54) is 0 Å². The number of hydrogen-bond acceptors (Lipinski definition) is 3. The molecule has 1 aliphatic heterocycles. The molecule has 0 aliphatic carbocycles. The maximum Gasteiger partial charge on any atom is 0.246 e. The van der Waals surface area contributed by atoms with Crippen molar-refractivity contribution in [2.45, 2.75) is 19.6 Å². The summed E-state index contributed by atoms with van der Waals surface area (Å²) in [6.07, 6.45) is 0. The van der Waals surface area contributed by atoms with Crippen molar-refractivity contribution in [1.29, 1.82) is 0 Å². The van der Waals surface area contributed by atoms with E-state index in [0.29, 0.717) is 0 Å². The quantitative estimate of drug-likeness (QED) is 0.253. The Kier molecular flexibility index (Phi) is 5.48. The molecule has 4 aromatic rings. The van der Waals surface area contributed by atoms with Crippen LogP contribution in [0.25, 0.3) is 11.1 Å². The van der Waals surface area contributed by atoms with Gasteiger partial charge in [-0.3, -0.25) is 0 Å². The van der Waals surface area contributed by atoms with E-state index in [1.54, 1.807) is 0 Å². The van der Waals surface area contributed by atoms with Crippen LogP contribution in [0.1, 0.15) is 13.8 Å². The summed E-state index contributed by atoms with van der Waals surface area (Å²) < 4.78 is 13.9. The van der Waals surface area contributed by atoms with Crippen molar-refractivity contribution in [1.82, 2.24) is 0 Å². The summed E-state index contributed by atoms with van der Waals surface area (Å²) in [6, 6.07) is 31.3. The van der Waals surface area contributed by atoms with Crippen molar-refractivity contribution < 1.29 is 9.47 Å². The van der Waals surface area contributed by atoms with E-state index in [0.717, 1.165) is 48.6 Å². The number of halogens is 2. The molecule has 1 aliphatic rings. The van der Waals surface area contributed by atoms with Crippen LogP contribution >= 0.6 is 31.9 Å². The first-order valence-corrected chi connectivity index (χ1v) is 11.9. The number of rotatable bonds is 4. The number of fused-ring (bicyclic) bond motifs is 1. The van der Waals surface area contributed by atoms with E-state index >= 15 is 0 Å². The standard InChI is InChI=1S/C27H21Br2NO2/c1-27(2)31-25-15-6-19(17-26(25)32-27)18-4-3-5-24(16-18)30(22-11-7-20(28)8-12-22)23-13-9-21(29)10-14-23/h3-17H,1-2H3. The number of benzene rings is 4. The van der Waals surface area contributed by atoms with E-state index in [2.05, 4.69) is 116 Å². The highest BCUT2D eigenvalue weighted by atomic mass is 79.9.